The second-order valence-electron chi connectivity index (χ2n) is 4.33. The zero-order chi connectivity index (χ0) is 11.9. The minimum Gasteiger partial charge on any atom is -0.493 e. The monoisotopic (exact) mass is 239 g/mol. The smallest absolute Gasteiger partial charge is 0.177 e. The van der Waals surface area contributed by atoms with Gasteiger partial charge in [0, 0.05) is 10.9 Å². The van der Waals surface area contributed by atoms with Crippen LogP contribution in [0.2, 0.25) is 5.02 Å². The van der Waals surface area contributed by atoms with Crippen molar-refractivity contribution in [1.82, 2.24) is 0 Å². The van der Waals surface area contributed by atoms with Crippen LogP contribution >= 0.6 is 11.6 Å². The number of ether oxygens (including phenoxy) is 1. The Kier molecular flexibility index (Phi) is 2.60. The van der Waals surface area contributed by atoms with Gasteiger partial charge in [0.2, 0.25) is 0 Å². The van der Waals surface area contributed by atoms with Crippen molar-refractivity contribution in [2.75, 3.05) is 7.11 Å². The van der Waals surface area contributed by atoms with Crippen molar-refractivity contribution in [3.8, 4) is 5.75 Å². The summed E-state index contributed by atoms with van der Waals surface area (Å²) in [5.41, 5.74) is 7.05. The Morgan fingerprint density at radius 1 is 1.44 bits per heavy atom. The Hall–Kier alpha value is -1.19. The average molecular weight is 240 g/mol. The fraction of sp³-hybridized carbons (Fsp3) is 0.333. The minimum atomic E-state index is -0.518. The second kappa shape index (κ2) is 3.68. The first kappa shape index (κ1) is 11.3. The highest BCUT2D eigenvalue weighted by atomic mass is 35.5. The van der Waals surface area contributed by atoms with E-state index in [1.807, 2.05) is 26.0 Å². The summed E-state index contributed by atoms with van der Waals surface area (Å²) in [5.74, 6) is 0.651. The van der Waals surface area contributed by atoms with E-state index in [2.05, 4.69) is 0 Å². The van der Waals surface area contributed by atoms with E-state index < -0.39 is 5.54 Å². The van der Waals surface area contributed by atoms with Gasteiger partial charge in [0.15, 0.2) is 11.3 Å². The zero-order valence-electron chi connectivity index (χ0n) is 9.50. The van der Waals surface area contributed by atoms with Crippen molar-refractivity contribution in [2.45, 2.75) is 19.4 Å². The molecule has 0 bridgehead atoms. The fourth-order valence-corrected chi connectivity index (χ4v) is 2.15. The first-order chi connectivity index (χ1) is 7.45. The average Bonchev–Trinajstić information content (AvgIpc) is 2.65. The molecule has 0 saturated carbocycles. The molecule has 1 aromatic carbocycles. The molecule has 0 spiro atoms. The predicted octanol–water partition coefficient (Wildman–Crippen LogP) is 3.29. The highest BCUT2D eigenvalue weighted by molar-refractivity contribution is 6.36. The third-order valence-electron chi connectivity index (χ3n) is 2.55. The molecule has 0 unspecified atom stereocenters. The van der Waals surface area contributed by atoms with Gasteiger partial charge in [-0.05, 0) is 31.5 Å². The first-order valence-electron chi connectivity index (χ1n) is 4.98. The predicted molar refractivity (Wildman–Crippen MR) is 65.0 cm³/mol. The standard InChI is InChI=1S/C12H14ClNO2/c1-12(2,14)8-6-9(15-3)11-7(10(8)13)4-5-16-11/h4-6H,14H2,1-3H3. The second-order valence-corrected chi connectivity index (χ2v) is 4.70. The molecule has 2 N–H and O–H groups in total. The number of furan rings is 1. The lowest BCUT2D eigenvalue weighted by Crippen LogP contribution is -2.29. The lowest BCUT2D eigenvalue weighted by atomic mass is 9.94. The molecule has 4 heteroatoms. The lowest BCUT2D eigenvalue weighted by Gasteiger charge is -2.21. The zero-order valence-corrected chi connectivity index (χ0v) is 10.3. The van der Waals surface area contributed by atoms with E-state index >= 15 is 0 Å². The van der Waals surface area contributed by atoms with Gasteiger partial charge in [0.25, 0.3) is 0 Å². The molecule has 2 rings (SSSR count). The molecule has 0 fully saturated rings. The number of hydrogen-bond acceptors (Lipinski definition) is 3. The summed E-state index contributed by atoms with van der Waals surface area (Å²) in [5, 5.41) is 1.45. The summed E-state index contributed by atoms with van der Waals surface area (Å²) in [6.07, 6.45) is 1.59. The maximum atomic E-state index is 6.30. The van der Waals surface area contributed by atoms with E-state index in [9.17, 15) is 0 Å². The van der Waals surface area contributed by atoms with Gasteiger partial charge in [0.05, 0.1) is 18.4 Å². The van der Waals surface area contributed by atoms with Crippen molar-refractivity contribution < 1.29 is 9.15 Å². The molecule has 1 aromatic heterocycles. The first-order valence-corrected chi connectivity index (χ1v) is 5.36. The van der Waals surface area contributed by atoms with E-state index in [1.165, 1.54) is 0 Å². The van der Waals surface area contributed by atoms with Gasteiger partial charge in [-0.3, -0.25) is 0 Å². The normalized spacial score (nSPS) is 12.1. The van der Waals surface area contributed by atoms with Crippen molar-refractivity contribution in [3.05, 3.63) is 29.0 Å². The molecule has 0 atom stereocenters. The third-order valence-corrected chi connectivity index (χ3v) is 2.96. The van der Waals surface area contributed by atoms with Crippen LogP contribution in [0.15, 0.2) is 22.8 Å². The topological polar surface area (TPSA) is 48.4 Å². The van der Waals surface area contributed by atoms with E-state index in [4.69, 9.17) is 26.5 Å². The minimum absolute atomic E-state index is 0.518. The molecular weight excluding hydrogens is 226 g/mol. The van der Waals surface area contributed by atoms with Crippen LogP contribution in [-0.2, 0) is 5.54 Å². The number of rotatable bonds is 2. The molecule has 0 aliphatic carbocycles. The molecule has 86 valence electrons. The van der Waals surface area contributed by atoms with E-state index in [1.54, 1.807) is 13.4 Å². The maximum absolute atomic E-state index is 6.30. The largest absolute Gasteiger partial charge is 0.493 e. The summed E-state index contributed by atoms with van der Waals surface area (Å²) in [6, 6.07) is 3.64. The summed E-state index contributed by atoms with van der Waals surface area (Å²) in [7, 11) is 1.60. The van der Waals surface area contributed by atoms with Crippen LogP contribution in [0.5, 0.6) is 5.75 Å². The van der Waals surface area contributed by atoms with E-state index in [0.717, 1.165) is 10.9 Å². The molecular formula is C12H14ClNO2. The Morgan fingerprint density at radius 3 is 2.69 bits per heavy atom. The van der Waals surface area contributed by atoms with Crippen LogP contribution in [0.3, 0.4) is 0 Å². The van der Waals surface area contributed by atoms with Crippen molar-refractivity contribution in [2.24, 2.45) is 5.73 Å². The third kappa shape index (κ3) is 1.66. The summed E-state index contributed by atoms with van der Waals surface area (Å²) in [6.45, 7) is 3.80. The SMILES string of the molecule is COc1cc(C(C)(C)N)c(Cl)c2ccoc12. The summed E-state index contributed by atoms with van der Waals surface area (Å²) >= 11 is 6.30. The van der Waals surface area contributed by atoms with Crippen molar-refractivity contribution in [1.29, 1.82) is 0 Å². The molecule has 0 aliphatic rings. The van der Waals surface area contributed by atoms with Crippen molar-refractivity contribution in [3.63, 3.8) is 0 Å². The molecule has 0 aliphatic heterocycles. The van der Waals surface area contributed by atoms with E-state index in [0.29, 0.717) is 16.4 Å². The Bertz CT molecular complexity index is 526. The molecule has 1 heterocycles. The van der Waals surface area contributed by atoms with Gasteiger partial charge in [-0.1, -0.05) is 11.6 Å². The van der Waals surface area contributed by atoms with Crippen LogP contribution < -0.4 is 10.5 Å². The van der Waals surface area contributed by atoms with Crippen LogP contribution in [-0.4, -0.2) is 7.11 Å². The number of halogens is 1. The number of nitrogens with two attached hydrogens (primary N) is 1. The lowest BCUT2D eigenvalue weighted by molar-refractivity contribution is 0.408. The van der Waals surface area contributed by atoms with Gasteiger partial charge in [-0.15, -0.1) is 0 Å². The summed E-state index contributed by atoms with van der Waals surface area (Å²) in [4.78, 5) is 0. The van der Waals surface area contributed by atoms with Gasteiger partial charge < -0.3 is 14.9 Å². The van der Waals surface area contributed by atoms with Crippen LogP contribution in [0.1, 0.15) is 19.4 Å². The number of benzene rings is 1. The Balaban J connectivity index is 2.81. The van der Waals surface area contributed by atoms with Crippen LogP contribution in [0.25, 0.3) is 11.0 Å². The quantitative estimate of drug-likeness (QED) is 0.875. The number of hydrogen-bond donors (Lipinski definition) is 1. The molecule has 2 aromatic rings. The molecule has 0 saturated heterocycles. The highest BCUT2D eigenvalue weighted by Gasteiger charge is 2.22. The van der Waals surface area contributed by atoms with Crippen LogP contribution in [0, 0.1) is 0 Å². The number of fused-ring (bicyclic) bond motifs is 1. The van der Waals surface area contributed by atoms with Gasteiger partial charge in [0.1, 0.15) is 0 Å². The number of methoxy groups -OCH3 is 1. The fourth-order valence-electron chi connectivity index (χ4n) is 1.70. The van der Waals surface area contributed by atoms with Crippen LogP contribution in [0.4, 0.5) is 0 Å². The highest BCUT2D eigenvalue weighted by Crippen LogP contribution is 2.38. The summed E-state index contributed by atoms with van der Waals surface area (Å²) < 4.78 is 10.6. The molecule has 16 heavy (non-hydrogen) atoms. The van der Waals surface area contributed by atoms with Gasteiger partial charge in [-0.25, -0.2) is 0 Å². The van der Waals surface area contributed by atoms with Crippen molar-refractivity contribution >= 4 is 22.6 Å². The Labute approximate surface area is 99.1 Å². The molecule has 0 radical (unpaired) electrons. The van der Waals surface area contributed by atoms with Gasteiger partial charge in [-0.2, -0.15) is 0 Å². The molecule has 0 amide bonds. The Morgan fingerprint density at radius 2 is 2.12 bits per heavy atom. The maximum Gasteiger partial charge on any atom is 0.177 e. The van der Waals surface area contributed by atoms with E-state index in [-0.39, 0.29) is 0 Å². The molecule has 3 nitrogen and oxygen atoms in total. The van der Waals surface area contributed by atoms with Gasteiger partial charge >= 0.3 is 0 Å².